The summed E-state index contributed by atoms with van der Waals surface area (Å²) in [5.74, 6) is -0.634. The molecular weight excluding hydrogens is 320 g/mol. The Morgan fingerprint density at radius 1 is 1.08 bits per heavy atom. The van der Waals surface area contributed by atoms with Gasteiger partial charge in [0, 0.05) is 24.3 Å². The number of aromatic amines is 1. The van der Waals surface area contributed by atoms with E-state index in [2.05, 4.69) is 4.98 Å². The molecule has 1 saturated heterocycles. The van der Waals surface area contributed by atoms with Gasteiger partial charge in [0.1, 0.15) is 12.2 Å². The molecule has 3 rings (SSSR count). The van der Waals surface area contributed by atoms with Crippen molar-refractivity contribution in [3.05, 3.63) is 69.1 Å². The number of hydrogen-bond acceptors (Lipinski definition) is 4. The predicted octanol–water partition coefficient (Wildman–Crippen LogP) is 2.28. The molecule has 25 heavy (non-hydrogen) atoms. The third kappa shape index (κ3) is 3.96. The Balaban J connectivity index is 1.60. The van der Waals surface area contributed by atoms with Crippen LogP contribution in [0.3, 0.4) is 0 Å². The number of rotatable bonds is 4. The number of nitrogens with one attached hydrogen (secondary N) is 1. The molecule has 1 aromatic carbocycles. The number of H-pyrrole nitrogens is 1. The molecule has 0 unspecified atom stereocenters. The molecule has 130 valence electrons. The fourth-order valence-electron chi connectivity index (χ4n) is 2.81. The number of carbonyl (C=O) groups excluding carboxylic acids is 2. The lowest BCUT2D eigenvalue weighted by Gasteiger charge is -2.15. The van der Waals surface area contributed by atoms with E-state index in [0.717, 1.165) is 31.5 Å². The quantitative estimate of drug-likeness (QED) is 0.866. The molecule has 2 heterocycles. The summed E-state index contributed by atoms with van der Waals surface area (Å²) in [5, 5.41) is 0. The van der Waals surface area contributed by atoms with Gasteiger partial charge < -0.3 is 14.6 Å². The molecule has 1 aromatic heterocycles. The Kier molecular flexibility index (Phi) is 4.97. The number of pyridine rings is 1. The van der Waals surface area contributed by atoms with Crippen LogP contribution in [0.4, 0.5) is 0 Å². The van der Waals surface area contributed by atoms with Crippen molar-refractivity contribution in [3.8, 4) is 0 Å². The molecule has 0 spiro atoms. The second-order valence-electron chi connectivity index (χ2n) is 6.16. The maximum absolute atomic E-state index is 12.3. The molecule has 2 aromatic rings. The lowest BCUT2D eigenvalue weighted by atomic mass is 10.1. The van der Waals surface area contributed by atoms with Crippen LogP contribution in [0.25, 0.3) is 0 Å². The summed E-state index contributed by atoms with van der Waals surface area (Å²) in [6, 6.07) is 10.1. The largest absolute Gasteiger partial charge is 0.457 e. The van der Waals surface area contributed by atoms with Crippen molar-refractivity contribution in [2.75, 3.05) is 13.1 Å². The predicted molar refractivity (Wildman–Crippen MR) is 92.5 cm³/mol. The summed E-state index contributed by atoms with van der Waals surface area (Å²) < 4.78 is 5.18. The average molecular weight is 340 g/mol. The zero-order chi connectivity index (χ0) is 17.8. The van der Waals surface area contributed by atoms with Gasteiger partial charge in [0.25, 0.3) is 11.5 Å². The fourth-order valence-corrected chi connectivity index (χ4v) is 2.81. The highest BCUT2D eigenvalue weighted by Gasteiger charge is 2.19. The van der Waals surface area contributed by atoms with Crippen LogP contribution in [0.15, 0.2) is 41.2 Å². The van der Waals surface area contributed by atoms with Gasteiger partial charge in [0.2, 0.25) is 0 Å². The Labute approximate surface area is 145 Å². The van der Waals surface area contributed by atoms with E-state index in [1.54, 1.807) is 37.3 Å². The number of aryl methyl sites for hydroxylation is 1. The van der Waals surface area contributed by atoms with Crippen LogP contribution in [0.2, 0.25) is 0 Å². The average Bonchev–Trinajstić information content (AvgIpc) is 3.14. The van der Waals surface area contributed by atoms with E-state index >= 15 is 0 Å². The Morgan fingerprint density at radius 3 is 2.40 bits per heavy atom. The van der Waals surface area contributed by atoms with Crippen molar-refractivity contribution >= 4 is 11.9 Å². The first kappa shape index (κ1) is 17.0. The number of likely N-dealkylation sites (tertiary alicyclic amines) is 1. The lowest BCUT2D eigenvalue weighted by molar-refractivity contribution is 0.0470. The number of hydrogen-bond donors (Lipinski definition) is 1. The molecule has 1 fully saturated rings. The molecule has 0 saturated carbocycles. The van der Waals surface area contributed by atoms with Crippen LogP contribution in [-0.4, -0.2) is 34.8 Å². The van der Waals surface area contributed by atoms with Gasteiger partial charge in [-0.05, 0) is 49.6 Å². The maximum atomic E-state index is 12.3. The summed E-state index contributed by atoms with van der Waals surface area (Å²) in [5.41, 5.74) is 1.59. The highest BCUT2D eigenvalue weighted by Crippen LogP contribution is 2.14. The zero-order valence-corrected chi connectivity index (χ0v) is 14.1. The Hall–Kier alpha value is -2.89. The van der Waals surface area contributed by atoms with Crippen molar-refractivity contribution in [1.82, 2.24) is 9.88 Å². The number of ether oxygens (including phenoxy) is 1. The van der Waals surface area contributed by atoms with Gasteiger partial charge >= 0.3 is 5.97 Å². The summed E-state index contributed by atoms with van der Waals surface area (Å²) in [6.07, 6.45) is 2.11. The lowest BCUT2D eigenvalue weighted by Crippen LogP contribution is -2.27. The normalized spacial score (nSPS) is 13.7. The third-order valence-corrected chi connectivity index (χ3v) is 4.24. The summed E-state index contributed by atoms with van der Waals surface area (Å²) in [4.78, 5) is 40.4. The molecule has 1 amide bonds. The smallest absolute Gasteiger partial charge is 0.344 e. The van der Waals surface area contributed by atoms with Crippen molar-refractivity contribution in [3.63, 3.8) is 0 Å². The summed E-state index contributed by atoms with van der Waals surface area (Å²) in [6.45, 7) is 3.40. The van der Waals surface area contributed by atoms with Gasteiger partial charge in [-0.25, -0.2) is 4.79 Å². The molecule has 0 atom stereocenters. The van der Waals surface area contributed by atoms with Crippen LogP contribution in [0.1, 0.15) is 44.8 Å². The molecule has 6 nitrogen and oxygen atoms in total. The molecule has 1 aliphatic rings. The van der Waals surface area contributed by atoms with Crippen LogP contribution in [0.5, 0.6) is 0 Å². The number of aromatic nitrogens is 1. The highest BCUT2D eigenvalue weighted by molar-refractivity contribution is 5.94. The van der Waals surface area contributed by atoms with E-state index in [1.165, 1.54) is 6.07 Å². The first-order valence-corrected chi connectivity index (χ1v) is 8.30. The van der Waals surface area contributed by atoms with E-state index in [-0.39, 0.29) is 18.1 Å². The molecular formula is C19H20N2O4. The first-order valence-electron chi connectivity index (χ1n) is 8.30. The topological polar surface area (TPSA) is 79.5 Å². The number of esters is 1. The highest BCUT2D eigenvalue weighted by atomic mass is 16.5. The van der Waals surface area contributed by atoms with Gasteiger partial charge in [0.15, 0.2) is 0 Å². The molecule has 0 radical (unpaired) electrons. The van der Waals surface area contributed by atoms with Crippen molar-refractivity contribution in [1.29, 1.82) is 0 Å². The zero-order valence-electron chi connectivity index (χ0n) is 14.1. The van der Waals surface area contributed by atoms with Crippen LogP contribution in [-0.2, 0) is 11.3 Å². The Morgan fingerprint density at radius 2 is 1.76 bits per heavy atom. The first-order chi connectivity index (χ1) is 12.0. The SMILES string of the molecule is Cc1ccc(C(=O)OCc2ccc(C(=O)N3CCCC3)cc2)c(=O)[nH]1. The number of amides is 1. The minimum absolute atomic E-state index is 0.0218. The van der Waals surface area contributed by atoms with E-state index < -0.39 is 11.5 Å². The van der Waals surface area contributed by atoms with Crippen molar-refractivity contribution in [2.24, 2.45) is 0 Å². The molecule has 0 aliphatic carbocycles. The Bertz CT molecular complexity index is 833. The van der Waals surface area contributed by atoms with Gasteiger partial charge in [0.05, 0.1) is 0 Å². The fraction of sp³-hybridized carbons (Fsp3) is 0.316. The van der Waals surface area contributed by atoms with Gasteiger partial charge in [-0.15, -0.1) is 0 Å². The third-order valence-electron chi connectivity index (χ3n) is 4.24. The van der Waals surface area contributed by atoms with Gasteiger partial charge in [-0.2, -0.15) is 0 Å². The van der Waals surface area contributed by atoms with Crippen LogP contribution in [0, 0.1) is 6.92 Å². The van der Waals surface area contributed by atoms with Crippen molar-refractivity contribution < 1.29 is 14.3 Å². The second-order valence-corrected chi connectivity index (χ2v) is 6.16. The van der Waals surface area contributed by atoms with Gasteiger partial charge in [-0.3, -0.25) is 9.59 Å². The van der Waals surface area contributed by atoms with E-state index in [0.29, 0.717) is 11.3 Å². The standard InChI is InChI=1S/C19H20N2O4/c1-13-4-9-16(17(22)20-13)19(24)25-12-14-5-7-15(8-6-14)18(23)21-10-2-3-11-21/h4-9H,2-3,10-12H2,1H3,(H,20,22). The van der Waals surface area contributed by atoms with E-state index in [9.17, 15) is 14.4 Å². The van der Waals surface area contributed by atoms with Crippen molar-refractivity contribution in [2.45, 2.75) is 26.4 Å². The number of nitrogens with zero attached hydrogens (tertiary/aromatic N) is 1. The summed E-state index contributed by atoms with van der Waals surface area (Å²) in [7, 11) is 0. The van der Waals surface area contributed by atoms with Gasteiger partial charge in [-0.1, -0.05) is 12.1 Å². The van der Waals surface area contributed by atoms with E-state index in [4.69, 9.17) is 4.74 Å². The number of benzene rings is 1. The van der Waals surface area contributed by atoms with Crippen LogP contribution >= 0.6 is 0 Å². The molecule has 0 bridgehead atoms. The van der Waals surface area contributed by atoms with Crippen LogP contribution < -0.4 is 5.56 Å². The maximum Gasteiger partial charge on any atom is 0.344 e. The minimum atomic E-state index is -0.668. The molecule has 1 aliphatic heterocycles. The second kappa shape index (κ2) is 7.34. The molecule has 1 N–H and O–H groups in total. The monoisotopic (exact) mass is 340 g/mol. The van der Waals surface area contributed by atoms with E-state index in [1.807, 2.05) is 4.90 Å². The summed E-state index contributed by atoms with van der Waals surface area (Å²) >= 11 is 0. The number of carbonyl (C=O) groups is 2. The molecule has 6 heteroatoms. The minimum Gasteiger partial charge on any atom is -0.457 e.